The quantitative estimate of drug-likeness (QED) is 0.670. The Kier molecular flexibility index (Phi) is 8.53. The van der Waals surface area contributed by atoms with Gasteiger partial charge < -0.3 is 15.0 Å². The van der Waals surface area contributed by atoms with Crippen LogP contribution in [0, 0.1) is 11.8 Å². The van der Waals surface area contributed by atoms with Crippen LogP contribution in [0.1, 0.15) is 37.9 Å². The zero-order chi connectivity index (χ0) is 24.6. The summed E-state index contributed by atoms with van der Waals surface area (Å²) < 4.78 is 6.13. The number of aromatic nitrogens is 1. The first-order valence-electron chi connectivity index (χ1n) is 12.5. The number of carbonyl (C=O) groups excluding carboxylic acids is 2. The number of pyridine rings is 1. The van der Waals surface area contributed by atoms with Gasteiger partial charge >= 0.3 is 0 Å². The molecule has 1 N–H and O–H groups in total. The van der Waals surface area contributed by atoms with E-state index in [1.807, 2.05) is 61.2 Å². The smallest absolute Gasteiger partial charge is 0.236 e. The molecule has 4 rings (SSSR count). The Morgan fingerprint density at radius 3 is 2.80 bits per heavy atom. The molecule has 1 fully saturated rings. The Morgan fingerprint density at radius 1 is 1.17 bits per heavy atom. The van der Waals surface area contributed by atoms with E-state index in [4.69, 9.17) is 4.74 Å². The van der Waals surface area contributed by atoms with Crippen molar-refractivity contribution in [2.24, 2.45) is 11.8 Å². The molecule has 1 saturated heterocycles. The number of amides is 2. The molecule has 1 aromatic carbocycles. The van der Waals surface area contributed by atoms with E-state index >= 15 is 0 Å². The summed E-state index contributed by atoms with van der Waals surface area (Å²) in [6.45, 7) is 7.18. The summed E-state index contributed by atoms with van der Waals surface area (Å²) in [4.78, 5) is 34.5. The highest BCUT2D eigenvalue weighted by molar-refractivity contribution is 5.79. The largest absolute Gasteiger partial charge is 0.489 e. The van der Waals surface area contributed by atoms with Crippen LogP contribution < -0.4 is 10.1 Å². The maximum absolute atomic E-state index is 13.4. The maximum Gasteiger partial charge on any atom is 0.236 e. The van der Waals surface area contributed by atoms with Gasteiger partial charge in [-0.2, -0.15) is 0 Å². The average Bonchev–Trinajstić information content (AvgIpc) is 2.84. The standard InChI is InChI=1S/C28H36N4O3/c1-21(2)30-27(33)16-22-12-14-32-18-23(22)9-7-15-35-26-11-4-3-8-24(26)17-31(20-28(32)34)19-25-10-5-6-13-29-25/h3-11,13,21-23H,12,14-20H2,1-2H3,(H,30,33)/t22-,23-/m0/s1. The summed E-state index contributed by atoms with van der Waals surface area (Å²) in [6, 6.07) is 14.0. The van der Waals surface area contributed by atoms with Crippen molar-refractivity contribution >= 4 is 11.8 Å². The third-order valence-electron chi connectivity index (χ3n) is 6.61. The molecule has 186 valence electrons. The van der Waals surface area contributed by atoms with Gasteiger partial charge in [-0.15, -0.1) is 0 Å². The lowest BCUT2D eigenvalue weighted by molar-refractivity contribution is -0.135. The molecular formula is C28H36N4O3. The molecule has 2 aromatic rings. The van der Waals surface area contributed by atoms with E-state index in [0.29, 0.717) is 45.8 Å². The molecule has 0 aliphatic carbocycles. The molecule has 7 nitrogen and oxygen atoms in total. The second-order valence-corrected chi connectivity index (χ2v) is 9.79. The van der Waals surface area contributed by atoms with Gasteiger partial charge in [-0.1, -0.05) is 36.4 Å². The molecule has 2 atom stereocenters. The Morgan fingerprint density at radius 2 is 2.00 bits per heavy atom. The second-order valence-electron chi connectivity index (χ2n) is 9.79. The molecule has 2 bridgehead atoms. The predicted octanol–water partition coefficient (Wildman–Crippen LogP) is 3.41. The number of hydrogen-bond acceptors (Lipinski definition) is 5. The number of rotatable bonds is 5. The molecule has 7 heteroatoms. The van der Waals surface area contributed by atoms with E-state index in [2.05, 4.69) is 27.3 Å². The third kappa shape index (κ3) is 7.15. The first kappa shape index (κ1) is 24.9. The van der Waals surface area contributed by atoms with Crippen LogP contribution in [0.15, 0.2) is 60.8 Å². The van der Waals surface area contributed by atoms with E-state index in [0.717, 1.165) is 23.4 Å². The van der Waals surface area contributed by atoms with Gasteiger partial charge in [0.15, 0.2) is 0 Å². The lowest BCUT2D eigenvalue weighted by Crippen LogP contribution is -2.48. The van der Waals surface area contributed by atoms with Crippen LogP contribution in [0.5, 0.6) is 5.75 Å². The molecule has 0 spiro atoms. The highest BCUT2D eigenvalue weighted by atomic mass is 16.5. The zero-order valence-electron chi connectivity index (χ0n) is 20.7. The minimum absolute atomic E-state index is 0.0767. The number of para-hydroxylation sites is 1. The second kappa shape index (κ2) is 12.0. The fourth-order valence-electron chi connectivity index (χ4n) is 4.91. The van der Waals surface area contributed by atoms with Gasteiger partial charge in [-0.05, 0) is 50.3 Å². The summed E-state index contributed by atoms with van der Waals surface area (Å²) in [5, 5.41) is 3.01. The molecular weight excluding hydrogens is 440 g/mol. The molecule has 35 heavy (non-hydrogen) atoms. The van der Waals surface area contributed by atoms with Crippen molar-refractivity contribution in [1.29, 1.82) is 0 Å². The van der Waals surface area contributed by atoms with Crippen molar-refractivity contribution in [2.75, 3.05) is 26.2 Å². The predicted molar refractivity (Wildman–Crippen MR) is 136 cm³/mol. The Balaban J connectivity index is 1.55. The molecule has 3 heterocycles. The Bertz CT molecular complexity index is 1020. The highest BCUT2D eigenvalue weighted by Gasteiger charge is 2.32. The maximum atomic E-state index is 13.4. The number of carbonyl (C=O) groups is 2. The first-order chi connectivity index (χ1) is 17.0. The van der Waals surface area contributed by atoms with Crippen molar-refractivity contribution in [2.45, 2.75) is 45.8 Å². The van der Waals surface area contributed by atoms with Crippen LogP contribution in [0.25, 0.3) is 0 Å². The molecule has 0 saturated carbocycles. The lowest BCUT2D eigenvalue weighted by atomic mass is 9.82. The van der Waals surface area contributed by atoms with Crippen LogP contribution in [0.3, 0.4) is 0 Å². The molecule has 0 unspecified atom stereocenters. The zero-order valence-corrected chi connectivity index (χ0v) is 20.7. The van der Waals surface area contributed by atoms with Crippen molar-refractivity contribution in [3.63, 3.8) is 0 Å². The van der Waals surface area contributed by atoms with Crippen LogP contribution in [0.4, 0.5) is 0 Å². The number of nitrogens with zero attached hydrogens (tertiary/aromatic N) is 3. The summed E-state index contributed by atoms with van der Waals surface area (Å²) in [5.74, 6) is 1.34. The monoisotopic (exact) mass is 476 g/mol. The van der Waals surface area contributed by atoms with Gasteiger partial charge in [-0.3, -0.25) is 19.5 Å². The third-order valence-corrected chi connectivity index (χ3v) is 6.61. The van der Waals surface area contributed by atoms with Crippen molar-refractivity contribution in [3.8, 4) is 5.75 Å². The van der Waals surface area contributed by atoms with Gasteiger partial charge in [0.05, 0.1) is 12.2 Å². The fraction of sp³-hybridized carbons (Fsp3) is 0.464. The first-order valence-corrected chi connectivity index (χ1v) is 12.5. The topological polar surface area (TPSA) is 74.8 Å². The van der Waals surface area contributed by atoms with Crippen LogP contribution >= 0.6 is 0 Å². The van der Waals surface area contributed by atoms with Crippen LogP contribution in [0.2, 0.25) is 0 Å². The molecule has 2 amide bonds. The molecule has 2 aliphatic heterocycles. The van der Waals surface area contributed by atoms with E-state index in [1.54, 1.807) is 6.20 Å². The lowest BCUT2D eigenvalue weighted by Gasteiger charge is -2.38. The average molecular weight is 477 g/mol. The van der Waals surface area contributed by atoms with Crippen LogP contribution in [-0.4, -0.2) is 58.9 Å². The number of nitrogens with one attached hydrogen (secondary N) is 1. The summed E-state index contributed by atoms with van der Waals surface area (Å²) in [7, 11) is 0. The normalized spacial score (nSPS) is 21.3. The van der Waals surface area contributed by atoms with E-state index in [9.17, 15) is 9.59 Å². The van der Waals surface area contributed by atoms with Crippen molar-refractivity contribution < 1.29 is 14.3 Å². The van der Waals surface area contributed by atoms with E-state index < -0.39 is 0 Å². The Labute approximate surface area is 208 Å². The van der Waals surface area contributed by atoms with Crippen molar-refractivity contribution in [1.82, 2.24) is 20.1 Å². The van der Waals surface area contributed by atoms with Gasteiger partial charge in [0.2, 0.25) is 11.8 Å². The SMILES string of the molecule is CC(C)NC(=O)C[C@@H]1CCN2C[C@@H]1C=CCOc1ccccc1CN(Cc1ccccn1)CC2=O. The van der Waals surface area contributed by atoms with E-state index in [1.165, 1.54) is 0 Å². The number of hydrogen-bond donors (Lipinski definition) is 1. The summed E-state index contributed by atoms with van der Waals surface area (Å²) in [5.41, 5.74) is 1.97. The number of ether oxygens (including phenoxy) is 1. The van der Waals surface area contributed by atoms with Gasteiger partial charge in [-0.25, -0.2) is 0 Å². The van der Waals surface area contributed by atoms with Gasteiger partial charge in [0.1, 0.15) is 12.4 Å². The highest BCUT2D eigenvalue weighted by Crippen LogP contribution is 2.29. The minimum Gasteiger partial charge on any atom is -0.489 e. The number of piperidine rings is 1. The minimum atomic E-state index is 0.0767. The molecule has 0 radical (unpaired) electrons. The fourth-order valence-corrected chi connectivity index (χ4v) is 4.91. The molecule has 1 aromatic heterocycles. The van der Waals surface area contributed by atoms with Crippen molar-refractivity contribution in [3.05, 3.63) is 72.1 Å². The number of fused-ring (bicyclic) bond motifs is 3. The van der Waals surface area contributed by atoms with Crippen LogP contribution in [-0.2, 0) is 22.7 Å². The van der Waals surface area contributed by atoms with Gasteiger partial charge in [0, 0.05) is 50.4 Å². The summed E-state index contributed by atoms with van der Waals surface area (Å²) in [6.07, 6.45) is 7.24. The number of benzene rings is 1. The molecule has 2 aliphatic rings. The van der Waals surface area contributed by atoms with E-state index in [-0.39, 0.29) is 29.7 Å². The Hall–Kier alpha value is -3.19. The summed E-state index contributed by atoms with van der Waals surface area (Å²) >= 11 is 0. The van der Waals surface area contributed by atoms with Gasteiger partial charge in [0.25, 0.3) is 0 Å².